The molecule has 0 radical (unpaired) electrons. The Labute approximate surface area is 137 Å². The summed E-state index contributed by atoms with van der Waals surface area (Å²) in [4.78, 5) is 0. The molecule has 0 amide bonds. The molecule has 0 saturated carbocycles. The average molecular weight is 364 g/mol. The molecule has 25 heavy (non-hydrogen) atoms. The first kappa shape index (κ1) is 18.4. The molecule has 10 heteroatoms. The maximum absolute atomic E-state index is 12.1. The van der Waals surface area contributed by atoms with E-state index in [0.717, 1.165) is 24.3 Å². The summed E-state index contributed by atoms with van der Waals surface area (Å²) in [5.41, 5.74) is 0.861. The van der Waals surface area contributed by atoms with Crippen molar-refractivity contribution >= 4 is 5.71 Å². The zero-order valence-electron chi connectivity index (χ0n) is 12.2. The fourth-order valence-corrected chi connectivity index (χ4v) is 1.94. The number of hydrazone groups is 1. The van der Waals surface area contributed by atoms with Crippen LogP contribution in [0.25, 0.3) is 0 Å². The summed E-state index contributed by atoms with van der Waals surface area (Å²) in [5, 5.41) is 3.53. The Hall–Kier alpha value is -2.91. The molecule has 134 valence electrons. The van der Waals surface area contributed by atoms with Gasteiger partial charge in [0.05, 0.1) is 5.71 Å². The Kier molecular flexibility index (Phi) is 5.10. The van der Waals surface area contributed by atoms with E-state index in [9.17, 15) is 26.3 Å². The summed E-state index contributed by atoms with van der Waals surface area (Å²) in [6.07, 6.45) is -9.64. The summed E-state index contributed by atoms with van der Waals surface area (Å²) in [5.74, 6) is 4.42. The van der Waals surface area contributed by atoms with Crippen LogP contribution in [0.4, 0.5) is 26.3 Å². The van der Waals surface area contributed by atoms with Crippen molar-refractivity contribution in [1.29, 1.82) is 0 Å². The van der Waals surface area contributed by atoms with Crippen LogP contribution in [-0.2, 0) is 0 Å². The van der Waals surface area contributed by atoms with E-state index in [1.165, 1.54) is 24.3 Å². The molecule has 0 fully saturated rings. The third kappa shape index (κ3) is 5.59. The molecule has 0 aliphatic heterocycles. The smallest absolute Gasteiger partial charge is 0.406 e. The minimum Gasteiger partial charge on any atom is -0.406 e. The predicted octanol–water partition coefficient (Wildman–Crippen LogP) is 4.19. The first-order valence-electron chi connectivity index (χ1n) is 6.57. The second kappa shape index (κ2) is 6.91. The van der Waals surface area contributed by atoms with Crippen LogP contribution in [0, 0.1) is 0 Å². The van der Waals surface area contributed by atoms with Crippen LogP contribution in [0.1, 0.15) is 11.1 Å². The van der Waals surface area contributed by atoms with E-state index >= 15 is 0 Å². The molecule has 0 heterocycles. The summed E-state index contributed by atoms with van der Waals surface area (Å²) < 4.78 is 80.3. The molecule has 4 nitrogen and oxygen atoms in total. The lowest BCUT2D eigenvalue weighted by Crippen LogP contribution is -2.17. The third-order valence-electron chi connectivity index (χ3n) is 2.85. The molecule has 0 spiro atoms. The maximum atomic E-state index is 12.1. The summed E-state index contributed by atoms with van der Waals surface area (Å²) in [6, 6.07) is 9.40. The highest BCUT2D eigenvalue weighted by Gasteiger charge is 2.31. The Morgan fingerprint density at radius 1 is 0.680 bits per heavy atom. The SMILES string of the molecule is NN=C(c1ccc(OC(F)(F)F)cc1)c1ccc(OC(F)(F)F)cc1. The Balaban J connectivity index is 2.20. The first-order chi connectivity index (χ1) is 11.6. The predicted molar refractivity (Wildman–Crippen MR) is 76.1 cm³/mol. The lowest BCUT2D eigenvalue weighted by molar-refractivity contribution is -0.275. The summed E-state index contributed by atoms with van der Waals surface area (Å²) in [6.45, 7) is 0. The van der Waals surface area contributed by atoms with Gasteiger partial charge in [-0.2, -0.15) is 5.10 Å². The van der Waals surface area contributed by atoms with Gasteiger partial charge in [0.25, 0.3) is 0 Å². The van der Waals surface area contributed by atoms with Crippen molar-refractivity contribution in [3.63, 3.8) is 0 Å². The van der Waals surface area contributed by atoms with Crippen LogP contribution in [0.5, 0.6) is 11.5 Å². The van der Waals surface area contributed by atoms with E-state index in [-0.39, 0.29) is 5.71 Å². The molecular weight excluding hydrogens is 354 g/mol. The standard InChI is InChI=1S/C15H10F6N2O2/c16-14(17,18)24-11-5-1-9(2-6-11)13(23-22)10-3-7-12(8-4-10)25-15(19,20)21/h1-8H,22H2. The van der Waals surface area contributed by atoms with Crippen LogP contribution in [0.15, 0.2) is 53.6 Å². The van der Waals surface area contributed by atoms with Crippen molar-refractivity contribution in [3.8, 4) is 11.5 Å². The van der Waals surface area contributed by atoms with E-state index in [0.29, 0.717) is 11.1 Å². The van der Waals surface area contributed by atoms with E-state index in [4.69, 9.17) is 5.84 Å². The van der Waals surface area contributed by atoms with E-state index < -0.39 is 24.2 Å². The van der Waals surface area contributed by atoms with Gasteiger partial charge in [0.2, 0.25) is 0 Å². The fraction of sp³-hybridized carbons (Fsp3) is 0.133. The second-order valence-corrected chi connectivity index (χ2v) is 4.62. The van der Waals surface area contributed by atoms with Crippen molar-refractivity contribution in [2.45, 2.75) is 12.7 Å². The summed E-state index contributed by atoms with van der Waals surface area (Å²) in [7, 11) is 0. The van der Waals surface area contributed by atoms with Gasteiger partial charge in [-0.1, -0.05) is 0 Å². The van der Waals surface area contributed by atoms with Crippen LogP contribution >= 0.6 is 0 Å². The molecule has 2 aromatic carbocycles. The van der Waals surface area contributed by atoms with E-state index in [1.807, 2.05) is 0 Å². The zero-order valence-corrected chi connectivity index (χ0v) is 12.2. The molecular formula is C15H10F6N2O2. The zero-order chi connectivity index (χ0) is 18.7. The molecule has 0 saturated heterocycles. The molecule has 0 unspecified atom stereocenters. The highest BCUT2D eigenvalue weighted by atomic mass is 19.4. The molecule has 0 aromatic heterocycles. The van der Waals surface area contributed by atoms with Crippen LogP contribution in [0.3, 0.4) is 0 Å². The van der Waals surface area contributed by atoms with Gasteiger partial charge in [0, 0.05) is 11.1 Å². The lowest BCUT2D eigenvalue weighted by Gasteiger charge is -2.11. The van der Waals surface area contributed by atoms with Gasteiger partial charge >= 0.3 is 12.7 Å². The van der Waals surface area contributed by atoms with Crippen molar-refractivity contribution in [1.82, 2.24) is 0 Å². The number of ether oxygens (including phenoxy) is 2. The second-order valence-electron chi connectivity index (χ2n) is 4.62. The normalized spacial score (nSPS) is 11.8. The van der Waals surface area contributed by atoms with Crippen LogP contribution in [-0.4, -0.2) is 18.4 Å². The minimum atomic E-state index is -4.82. The Bertz CT molecular complexity index is 675. The molecule has 0 bridgehead atoms. The van der Waals surface area contributed by atoms with Gasteiger partial charge < -0.3 is 15.3 Å². The Morgan fingerprint density at radius 2 is 1.00 bits per heavy atom. The third-order valence-corrected chi connectivity index (χ3v) is 2.85. The number of halogens is 6. The number of benzene rings is 2. The van der Waals surface area contributed by atoms with Gasteiger partial charge in [-0.3, -0.25) is 0 Å². The maximum Gasteiger partial charge on any atom is 0.573 e. The van der Waals surface area contributed by atoms with Crippen molar-refractivity contribution in [2.75, 3.05) is 0 Å². The summed E-state index contributed by atoms with van der Waals surface area (Å²) >= 11 is 0. The van der Waals surface area contributed by atoms with Crippen LogP contribution < -0.4 is 15.3 Å². The number of rotatable bonds is 4. The monoisotopic (exact) mass is 364 g/mol. The van der Waals surface area contributed by atoms with Gasteiger partial charge in [-0.15, -0.1) is 26.3 Å². The van der Waals surface area contributed by atoms with Gasteiger partial charge in [-0.05, 0) is 48.5 Å². The number of alkyl halides is 6. The molecule has 0 atom stereocenters. The number of hydrogen-bond donors (Lipinski definition) is 1. The minimum absolute atomic E-state index is 0.164. The van der Waals surface area contributed by atoms with E-state index in [1.54, 1.807) is 0 Å². The Morgan fingerprint density at radius 3 is 1.24 bits per heavy atom. The molecule has 2 N–H and O–H groups in total. The number of nitrogens with zero attached hydrogens (tertiary/aromatic N) is 1. The quantitative estimate of drug-likeness (QED) is 0.383. The highest BCUT2D eigenvalue weighted by molar-refractivity contribution is 6.12. The molecule has 2 rings (SSSR count). The lowest BCUT2D eigenvalue weighted by atomic mass is 10.0. The van der Waals surface area contributed by atoms with Crippen LogP contribution in [0.2, 0.25) is 0 Å². The van der Waals surface area contributed by atoms with Crippen molar-refractivity contribution in [3.05, 3.63) is 59.7 Å². The largest absolute Gasteiger partial charge is 0.573 e. The molecule has 2 aromatic rings. The highest BCUT2D eigenvalue weighted by Crippen LogP contribution is 2.25. The van der Waals surface area contributed by atoms with E-state index in [2.05, 4.69) is 14.6 Å². The van der Waals surface area contributed by atoms with Gasteiger partial charge in [0.1, 0.15) is 11.5 Å². The first-order valence-corrected chi connectivity index (χ1v) is 6.57. The average Bonchev–Trinajstić information content (AvgIpc) is 2.48. The number of nitrogens with two attached hydrogens (primary N) is 1. The number of hydrogen-bond acceptors (Lipinski definition) is 4. The van der Waals surface area contributed by atoms with Crippen molar-refractivity contribution in [2.24, 2.45) is 10.9 Å². The molecule has 0 aliphatic rings. The topological polar surface area (TPSA) is 56.8 Å². The van der Waals surface area contributed by atoms with Gasteiger partial charge in [0.15, 0.2) is 0 Å². The fourth-order valence-electron chi connectivity index (χ4n) is 1.94. The van der Waals surface area contributed by atoms with Gasteiger partial charge in [-0.25, -0.2) is 0 Å². The molecule has 0 aliphatic carbocycles. The van der Waals surface area contributed by atoms with Crippen molar-refractivity contribution < 1.29 is 35.8 Å².